The van der Waals surface area contributed by atoms with E-state index in [0.717, 1.165) is 23.0 Å². The van der Waals surface area contributed by atoms with Crippen LogP contribution in [0.25, 0.3) is 11.4 Å². The fraction of sp³-hybridized carbons (Fsp3) is 0.385. The first-order chi connectivity index (χ1) is 8.83. The largest absolute Gasteiger partial charge is 0.337 e. The van der Waals surface area contributed by atoms with Gasteiger partial charge in [0.15, 0.2) is 0 Å². The van der Waals surface area contributed by atoms with Gasteiger partial charge >= 0.3 is 0 Å². The van der Waals surface area contributed by atoms with Crippen LogP contribution in [0.2, 0.25) is 0 Å². The summed E-state index contributed by atoms with van der Waals surface area (Å²) in [6, 6.07) is 8.13. The zero-order chi connectivity index (χ0) is 12.4. The van der Waals surface area contributed by atoms with E-state index in [0.29, 0.717) is 11.7 Å². The Morgan fingerprint density at radius 2 is 2.21 bits per heavy atom. The molecule has 1 fully saturated rings. The summed E-state index contributed by atoms with van der Waals surface area (Å²) in [6.45, 7) is 1.03. The van der Waals surface area contributed by atoms with Crippen LogP contribution in [-0.2, 0) is 0 Å². The first-order valence-corrected chi connectivity index (χ1v) is 6.95. The molecule has 0 unspecified atom stereocenters. The minimum absolute atomic E-state index is 0. The lowest BCUT2D eigenvalue weighted by molar-refractivity contribution is 0.297. The van der Waals surface area contributed by atoms with Crippen LogP contribution in [0.5, 0.6) is 0 Å². The van der Waals surface area contributed by atoms with Gasteiger partial charge in [-0.3, -0.25) is 0 Å². The highest BCUT2D eigenvalue weighted by molar-refractivity contribution is 9.10. The number of nitrogens with one attached hydrogen (secondary N) is 1. The maximum Gasteiger partial charge on any atom is 0.244 e. The van der Waals surface area contributed by atoms with Gasteiger partial charge in [0.1, 0.15) is 0 Å². The number of hydrogen-bond donors (Lipinski definition) is 1. The molecule has 0 bridgehead atoms. The van der Waals surface area contributed by atoms with E-state index in [-0.39, 0.29) is 18.4 Å². The van der Waals surface area contributed by atoms with E-state index in [1.54, 1.807) is 0 Å². The van der Waals surface area contributed by atoms with E-state index in [4.69, 9.17) is 4.52 Å². The predicted molar refractivity (Wildman–Crippen MR) is 79.3 cm³/mol. The Balaban J connectivity index is 0.00000133. The lowest BCUT2D eigenvalue weighted by Gasteiger charge is -2.19. The summed E-state index contributed by atoms with van der Waals surface area (Å²) in [5.41, 5.74) is 0.968. The van der Waals surface area contributed by atoms with Gasteiger partial charge in [-0.25, -0.2) is 0 Å². The van der Waals surface area contributed by atoms with Crippen LogP contribution in [0.15, 0.2) is 33.3 Å². The Hall–Kier alpha value is -0.910. The van der Waals surface area contributed by atoms with Crippen LogP contribution >= 0.6 is 28.3 Å². The second-order valence-corrected chi connectivity index (χ2v) is 5.38. The number of piperidine rings is 1. The summed E-state index contributed by atoms with van der Waals surface area (Å²) in [6.07, 6.45) is 3.51. The third-order valence-electron chi connectivity index (χ3n) is 3.13. The minimum Gasteiger partial charge on any atom is -0.337 e. The first kappa shape index (κ1) is 14.5. The van der Waals surface area contributed by atoms with Crippen molar-refractivity contribution in [2.45, 2.75) is 25.3 Å². The molecule has 2 heterocycles. The molecule has 6 heteroatoms. The standard InChI is InChI=1S/C13H14BrN3O.ClH/c14-10-5-3-4-9(8-10)12-16-13(18-17-12)11-6-1-2-7-15-11;/h3-5,8,11,15H,1-2,6-7H2;1H/t11-;/m1./s1. The van der Waals surface area contributed by atoms with Crippen molar-refractivity contribution < 1.29 is 4.52 Å². The highest BCUT2D eigenvalue weighted by atomic mass is 79.9. The molecule has 0 spiro atoms. The fourth-order valence-electron chi connectivity index (χ4n) is 2.18. The van der Waals surface area contributed by atoms with Gasteiger partial charge in [-0.15, -0.1) is 12.4 Å². The Bertz CT molecular complexity index is 540. The van der Waals surface area contributed by atoms with Crippen LogP contribution < -0.4 is 5.32 Å². The molecule has 1 saturated heterocycles. The summed E-state index contributed by atoms with van der Waals surface area (Å²) >= 11 is 3.44. The molecule has 1 atom stereocenters. The lowest BCUT2D eigenvalue weighted by atomic mass is 10.1. The molecule has 4 nitrogen and oxygen atoms in total. The first-order valence-electron chi connectivity index (χ1n) is 6.16. The van der Waals surface area contributed by atoms with Crippen molar-refractivity contribution in [3.63, 3.8) is 0 Å². The molecule has 0 aliphatic carbocycles. The SMILES string of the molecule is Brc1cccc(-c2noc([C@H]3CCCCN3)n2)c1.Cl. The van der Waals surface area contributed by atoms with Crippen molar-refractivity contribution in [3.8, 4) is 11.4 Å². The second kappa shape index (κ2) is 6.50. The van der Waals surface area contributed by atoms with Crippen LogP contribution in [0, 0.1) is 0 Å². The Kier molecular flexibility index (Phi) is 4.96. The molecule has 102 valence electrons. The van der Waals surface area contributed by atoms with Gasteiger partial charge in [0.2, 0.25) is 11.7 Å². The average molecular weight is 345 g/mol. The van der Waals surface area contributed by atoms with E-state index in [1.165, 1.54) is 12.8 Å². The lowest BCUT2D eigenvalue weighted by Crippen LogP contribution is -2.26. The molecule has 3 rings (SSSR count). The molecule has 2 aromatic rings. The topological polar surface area (TPSA) is 51.0 Å². The average Bonchev–Trinajstić information content (AvgIpc) is 2.89. The molecule has 1 aliphatic rings. The van der Waals surface area contributed by atoms with Crippen molar-refractivity contribution >= 4 is 28.3 Å². The van der Waals surface area contributed by atoms with Gasteiger partial charge in [-0.2, -0.15) is 4.98 Å². The third-order valence-corrected chi connectivity index (χ3v) is 3.63. The van der Waals surface area contributed by atoms with Crippen LogP contribution in [0.3, 0.4) is 0 Å². The number of hydrogen-bond acceptors (Lipinski definition) is 4. The van der Waals surface area contributed by atoms with Crippen LogP contribution in [-0.4, -0.2) is 16.7 Å². The van der Waals surface area contributed by atoms with Crippen molar-refractivity contribution in [1.29, 1.82) is 0 Å². The van der Waals surface area contributed by atoms with Crippen molar-refractivity contribution in [2.75, 3.05) is 6.54 Å². The second-order valence-electron chi connectivity index (χ2n) is 4.47. The van der Waals surface area contributed by atoms with Crippen molar-refractivity contribution in [1.82, 2.24) is 15.5 Å². The molecule has 1 aliphatic heterocycles. The Labute approximate surface area is 126 Å². The highest BCUT2D eigenvalue weighted by Crippen LogP contribution is 2.25. The number of nitrogens with zero attached hydrogens (tertiary/aromatic N) is 2. The molecule has 0 radical (unpaired) electrons. The smallest absolute Gasteiger partial charge is 0.244 e. The summed E-state index contributed by atoms with van der Waals surface area (Å²) in [5.74, 6) is 1.35. The highest BCUT2D eigenvalue weighted by Gasteiger charge is 2.21. The van der Waals surface area contributed by atoms with E-state index in [9.17, 15) is 0 Å². The van der Waals surface area contributed by atoms with Crippen molar-refractivity contribution in [2.24, 2.45) is 0 Å². The monoisotopic (exact) mass is 343 g/mol. The van der Waals surface area contributed by atoms with Gasteiger partial charge in [-0.05, 0) is 31.5 Å². The summed E-state index contributed by atoms with van der Waals surface area (Å²) in [4.78, 5) is 4.48. The van der Waals surface area contributed by atoms with Crippen molar-refractivity contribution in [3.05, 3.63) is 34.6 Å². The maximum atomic E-state index is 5.36. The van der Waals surface area contributed by atoms with Gasteiger partial charge in [0, 0.05) is 10.0 Å². The van der Waals surface area contributed by atoms with E-state index < -0.39 is 0 Å². The number of rotatable bonds is 2. The summed E-state index contributed by atoms with van der Waals surface area (Å²) in [7, 11) is 0. The van der Waals surface area contributed by atoms with Crippen LogP contribution in [0.4, 0.5) is 0 Å². The maximum absolute atomic E-state index is 5.36. The zero-order valence-electron chi connectivity index (χ0n) is 10.3. The Morgan fingerprint density at radius 3 is 2.95 bits per heavy atom. The van der Waals surface area contributed by atoms with E-state index >= 15 is 0 Å². The van der Waals surface area contributed by atoms with Gasteiger partial charge in [0.05, 0.1) is 6.04 Å². The van der Waals surface area contributed by atoms with Gasteiger partial charge in [0.25, 0.3) is 0 Å². The normalized spacial score (nSPS) is 18.9. The molecule has 0 saturated carbocycles. The number of aromatic nitrogens is 2. The third kappa shape index (κ3) is 3.35. The quantitative estimate of drug-likeness (QED) is 0.902. The molecule has 1 aromatic heterocycles. The Morgan fingerprint density at radius 1 is 1.32 bits per heavy atom. The van der Waals surface area contributed by atoms with Crippen LogP contribution in [0.1, 0.15) is 31.2 Å². The summed E-state index contributed by atoms with van der Waals surface area (Å²) in [5, 5.41) is 7.46. The summed E-state index contributed by atoms with van der Waals surface area (Å²) < 4.78 is 6.38. The van der Waals surface area contributed by atoms with Gasteiger partial charge < -0.3 is 9.84 Å². The molecule has 1 aromatic carbocycles. The molecular formula is C13H15BrClN3O. The number of benzene rings is 1. The number of halogens is 2. The zero-order valence-corrected chi connectivity index (χ0v) is 12.7. The van der Waals surface area contributed by atoms with E-state index in [2.05, 4.69) is 31.4 Å². The van der Waals surface area contributed by atoms with E-state index in [1.807, 2.05) is 24.3 Å². The fourth-order valence-corrected chi connectivity index (χ4v) is 2.58. The molecule has 1 N–H and O–H groups in total. The predicted octanol–water partition coefficient (Wildman–Crippen LogP) is 3.74. The van der Waals surface area contributed by atoms with Gasteiger partial charge in [-0.1, -0.05) is 39.6 Å². The minimum atomic E-state index is 0. The molecular weight excluding hydrogens is 330 g/mol. The molecule has 0 amide bonds. The molecule has 19 heavy (non-hydrogen) atoms.